The fraction of sp³-hybridized carbons (Fsp3) is 0.200. The SMILES string of the molecule is O[C@@H](CNc1ccc(Cl)cc1)COc1ccc(Cl)cc1Cl. The molecule has 0 fully saturated rings. The molecular weight excluding hydrogens is 333 g/mol. The molecule has 0 spiro atoms. The van der Waals surface area contributed by atoms with E-state index >= 15 is 0 Å². The molecule has 0 heterocycles. The number of hydrogen-bond donors (Lipinski definition) is 2. The minimum atomic E-state index is -0.674. The molecule has 6 heteroatoms. The lowest BCUT2D eigenvalue weighted by atomic mass is 10.3. The molecule has 2 aromatic carbocycles. The van der Waals surface area contributed by atoms with Crippen molar-refractivity contribution >= 4 is 40.5 Å². The van der Waals surface area contributed by atoms with E-state index in [-0.39, 0.29) is 6.61 Å². The molecular formula is C15H14Cl3NO2. The van der Waals surface area contributed by atoms with Crippen LogP contribution in [0.2, 0.25) is 15.1 Å². The van der Waals surface area contributed by atoms with E-state index in [1.165, 1.54) is 0 Å². The first-order valence-corrected chi connectivity index (χ1v) is 7.43. The van der Waals surface area contributed by atoms with Crippen molar-refractivity contribution in [1.82, 2.24) is 0 Å². The van der Waals surface area contributed by atoms with E-state index in [2.05, 4.69) is 5.32 Å². The largest absolute Gasteiger partial charge is 0.489 e. The Balaban J connectivity index is 1.79. The second-order valence-corrected chi connectivity index (χ2v) is 5.71. The fourth-order valence-corrected chi connectivity index (χ4v) is 2.23. The monoisotopic (exact) mass is 345 g/mol. The molecule has 0 unspecified atom stereocenters. The van der Waals surface area contributed by atoms with Crippen LogP contribution in [-0.4, -0.2) is 24.4 Å². The van der Waals surface area contributed by atoms with Crippen LogP contribution in [0.15, 0.2) is 42.5 Å². The summed E-state index contributed by atoms with van der Waals surface area (Å²) in [5.74, 6) is 0.492. The van der Waals surface area contributed by atoms with Crippen molar-refractivity contribution in [2.75, 3.05) is 18.5 Å². The summed E-state index contributed by atoms with van der Waals surface area (Å²) in [5.41, 5.74) is 0.878. The summed E-state index contributed by atoms with van der Waals surface area (Å²) >= 11 is 17.6. The van der Waals surface area contributed by atoms with Crippen LogP contribution >= 0.6 is 34.8 Å². The summed E-state index contributed by atoms with van der Waals surface area (Å²) in [5, 5.41) is 14.6. The molecule has 0 saturated heterocycles. The van der Waals surface area contributed by atoms with Crippen LogP contribution in [0.25, 0.3) is 0 Å². The van der Waals surface area contributed by atoms with Crippen molar-refractivity contribution in [3.63, 3.8) is 0 Å². The van der Waals surface area contributed by atoms with Crippen molar-refractivity contribution in [1.29, 1.82) is 0 Å². The van der Waals surface area contributed by atoms with Crippen LogP contribution in [-0.2, 0) is 0 Å². The molecule has 21 heavy (non-hydrogen) atoms. The van der Waals surface area contributed by atoms with Gasteiger partial charge in [0.2, 0.25) is 0 Å². The van der Waals surface area contributed by atoms with Gasteiger partial charge in [0.1, 0.15) is 18.5 Å². The molecule has 0 aliphatic rings. The molecule has 3 nitrogen and oxygen atoms in total. The number of aliphatic hydroxyl groups excluding tert-OH is 1. The summed E-state index contributed by atoms with van der Waals surface area (Å²) in [6.45, 7) is 0.481. The molecule has 112 valence electrons. The number of halogens is 3. The van der Waals surface area contributed by atoms with Crippen molar-refractivity contribution in [2.45, 2.75) is 6.10 Å². The van der Waals surface area contributed by atoms with E-state index in [9.17, 15) is 5.11 Å². The van der Waals surface area contributed by atoms with E-state index in [1.54, 1.807) is 30.3 Å². The number of nitrogens with one attached hydrogen (secondary N) is 1. The second kappa shape index (κ2) is 7.76. The van der Waals surface area contributed by atoms with Crippen molar-refractivity contribution in [3.05, 3.63) is 57.5 Å². The normalized spacial score (nSPS) is 12.0. The zero-order valence-corrected chi connectivity index (χ0v) is 13.3. The lowest BCUT2D eigenvalue weighted by Crippen LogP contribution is -2.26. The highest BCUT2D eigenvalue weighted by molar-refractivity contribution is 6.35. The average Bonchev–Trinajstić information content (AvgIpc) is 2.46. The number of benzene rings is 2. The Morgan fingerprint density at radius 2 is 1.67 bits per heavy atom. The Hall–Kier alpha value is -1.13. The Morgan fingerprint density at radius 3 is 2.33 bits per heavy atom. The van der Waals surface area contributed by atoms with Gasteiger partial charge >= 0.3 is 0 Å². The van der Waals surface area contributed by atoms with Gasteiger partial charge in [-0.3, -0.25) is 0 Å². The Morgan fingerprint density at radius 1 is 1.00 bits per heavy atom. The highest BCUT2D eigenvalue weighted by Crippen LogP contribution is 2.27. The highest BCUT2D eigenvalue weighted by atomic mass is 35.5. The minimum absolute atomic E-state index is 0.127. The minimum Gasteiger partial charge on any atom is -0.489 e. The summed E-state index contributed by atoms with van der Waals surface area (Å²) in [4.78, 5) is 0. The van der Waals surface area contributed by atoms with Crippen LogP contribution in [0.3, 0.4) is 0 Å². The molecule has 2 aromatic rings. The van der Waals surface area contributed by atoms with E-state index in [0.29, 0.717) is 27.4 Å². The van der Waals surface area contributed by atoms with Gasteiger partial charge in [0.15, 0.2) is 0 Å². The molecule has 0 aliphatic heterocycles. The zero-order chi connectivity index (χ0) is 15.2. The number of aliphatic hydroxyl groups is 1. The van der Waals surface area contributed by atoms with Crippen molar-refractivity contribution < 1.29 is 9.84 Å². The van der Waals surface area contributed by atoms with Gasteiger partial charge in [0.05, 0.1) is 5.02 Å². The first kappa shape index (κ1) is 16.2. The predicted molar refractivity (Wildman–Crippen MR) is 87.9 cm³/mol. The van der Waals surface area contributed by atoms with Crippen LogP contribution < -0.4 is 10.1 Å². The first-order valence-electron chi connectivity index (χ1n) is 6.30. The topological polar surface area (TPSA) is 41.5 Å². The predicted octanol–water partition coefficient (Wildman–Crippen LogP) is 4.50. The van der Waals surface area contributed by atoms with Gasteiger partial charge in [0, 0.05) is 22.3 Å². The van der Waals surface area contributed by atoms with Gasteiger partial charge in [-0.1, -0.05) is 34.8 Å². The maximum atomic E-state index is 9.89. The number of ether oxygens (including phenoxy) is 1. The summed E-state index contributed by atoms with van der Waals surface area (Å²) < 4.78 is 5.46. The van der Waals surface area contributed by atoms with Crippen LogP contribution in [0, 0.1) is 0 Å². The van der Waals surface area contributed by atoms with Gasteiger partial charge in [-0.2, -0.15) is 0 Å². The highest BCUT2D eigenvalue weighted by Gasteiger charge is 2.08. The Bertz CT molecular complexity index is 590. The molecule has 1 atom stereocenters. The lowest BCUT2D eigenvalue weighted by Gasteiger charge is -2.15. The molecule has 0 saturated carbocycles. The van der Waals surface area contributed by atoms with Crippen molar-refractivity contribution in [3.8, 4) is 5.75 Å². The van der Waals surface area contributed by atoms with Gasteiger partial charge in [-0.15, -0.1) is 0 Å². The van der Waals surface area contributed by atoms with Gasteiger partial charge in [-0.25, -0.2) is 0 Å². The standard InChI is InChI=1S/C15H14Cl3NO2/c16-10-1-4-12(5-2-10)19-8-13(20)9-21-15-6-3-11(17)7-14(15)18/h1-7,13,19-20H,8-9H2/t13-/m0/s1. The van der Waals surface area contributed by atoms with Crippen LogP contribution in [0.1, 0.15) is 0 Å². The Kier molecular flexibility index (Phi) is 6.00. The summed E-state index contributed by atoms with van der Waals surface area (Å²) in [6, 6.07) is 12.2. The maximum Gasteiger partial charge on any atom is 0.138 e. The molecule has 0 bridgehead atoms. The van der Waals surface area contributed by atoms with E-state index < -0.39 is 6.10 Å². The molecule has 2 rings (SSSR count). The molecule has 2 N–H and O–H groups in total. The third-order valence-corrected chi connectivity index (χ3v) is 3.49. The number of anilines is 1. The average molecular weight is 347 g/mol. The molecule has 0 amide bonds. The van der Waals surface area contributed by atoms with E-state index in [1.807, 2.05) is 12.1 Å². The molecule has 0 radical (unpaired) electrons. The van der Waals surface area contributed by atoms with E-state index in [4.69, 9.17) is 39.5 Å². The van der Waals surface area contributed by atoms with Gasteiger partial charge in [0.25, 0.3) is 0 Å². The summed E-state index contributed by atoms with van der Waals surface area (Å²) in [6.07, 6.45) is -0.674. The van der Waals surface area contributed by atoms with Gasteiger partial charge < -0.3 is 15.2 Å². The van der Waals surface area contributed by atoms with E-state index in [0.717, 1.165) is 5.69 Å². The van der Waals surface area contributed by atoms with Crippen LogP contribution in [0.4, 0.5) is 5.69 Å². The summed E-state index contributed by atoms with van der Waals surface area (Å²) in [7, 11) is 0. The van der Waals surface area contributed by atoms with Crippen molar-refractivity contribution in [2.24, 2.45) is 0 Å². The smallest absolute Gasteiger partial charge is 0.138 e. The molecule has 0 aliphatic carbocycles. The Labute approximate surface area is 138 Å². The number of hydrogen-bond acceptors (Lipinski definition) is 3. The molecule has 0 aromatic heterocycles. The third-order valence-electron chi connectivity index (χ3n) is 2.71. The fourth-order valence-electron chi connectivity index (χ4n) is 1.64. The maximum absolute atomic E-state index is 9.89. The first-order chi connectivity index (χ1) is 10.0. The van der Waals surface area contributed by atoms with Crippen LogP contribution in [0.5, 0.6) is 5.75 Å². The third kappa shape index (κ3) is 5.29. The van der Waals surface area contributed by atoms with Gasteiger partial charge in [-0.05, 0) is 42.5 Å². The number of rotatable bonds is 6. The lowest BCUT2D eigenvalue weighted by molar-refractivity contribution is 0.117. The second-order valence-electron chi connectivity index (χ2n) is 4.43. The zero-order valence-electron chi connectivity index (χ0n) is 11.0. The quantitative estimate of drug-likeness (QED) is 0.809.